The number of nitrogens with one attached hydrogen (secondary N) is 1. The summed E-state index contributed by atoms with van der Waals surface area (Å²) in [6, 6.07) is 3.02. The Balaban J connectivity index is 2.94. The van der Waals surface area contributed by atoms with Crippen LogP contribution in [0.15, 0.2) is 18.2 Å². The van der Waals surface area contributed by atoms with Crippen LogP contribution >= 0.6 is 0 Å². The maximum atomic E-state index is 13.1. The Labute approximate surface area is 104 Å². The zero-order chi connectivity index (χ0) is 13.9. The molecule has 6 heteroatoms. The Kier molecular flexibility index (Phi) is 4.36. The van der Waals surface area contributed by atoms with Gasteiger partial charge in [-0.2, -0.15) is 4.39 Å². The van der Waals surface area contributed by atoms with Crippen molar-refractivity contribution < 1.29 is 14.1 Å². The van der Waals surface area contributed by atoms with Gasteiger partial charge in [-0.15, -0.1) is 0 Å². The number of amides is 1. The fraction of sp³-hybridized carbons (Fsp3) is 0.417. The number of nitrogens with zero attached hydrogens (tertiary/aromatic N) is 1. The summed E-state index contributed by atoms with van der Waals surface area (Å²) in [6.45, 7) is 5.72. The zero-order valence-electron chi connectivity index (χ0n) is 10.4. The van der Waals surface area contributed by atoms with E-state index < -0.39 is 22.3 Å². The average Bonchev–Trinajstić information content (AvgIpc) is 2.28. The van der Waals surface area contributed by atoms with Gasteiger partial charge in [0.1, 0.15) is 0 Å². The summed E-state index contributed by atoms with van der Waals surface area (Å²) in [5, 5.41) is 13.3. The van der Waals surface area contributed by atoms with Crippen molar-refractivity contribution in [2.45, 2.75) is 26.8 Å². The molecule has 1 unspecified atom stereocenters. The van der Waals surface area contributed by atoms with E-state index in [0.29, 0.717) is 0 Å². The van der Waals surface area contributed by atoms with Gasteiger partial charge >= 0.3 is 5.69 Å². The summed E-state index contributed by atoms with van der Waals surface area (Å²) in [5.41, 5.74) is -0.615. The van der Waals surface area contributed by atoms with Crippen LogP contribution in [-0.4, -0.2) is 16.9 Å². The van der Waals surface area contributed by atoms with Crippen LogP contribution in [0.4, 0.5) is 10.1 Å². The summed E-state index contributed by atoms with van der Waals surface area (Å²) < 4.78 is 13.1. The molecule has 0 aliphatic rings. The van der Waals surface area contributed by atoms with E-state index in [1.54, 1.807) is 0 Å². The van der Waals surface area contributed by atoms with Crippen molar-refractivity contribution in [2.24, 2.45) is 5.92 Å². The Morgan fingerprint density at radius 3 is 2.50 bits per heavy atom. The molecule has 0 heterocycles. The van der Waals surface area contributed by atoms with Gasteiger partial charge in [-0.25, -0.2) is 0 Å². The van der Waals surface area contributed by atoms with Gasteiger partial charge in [0.2, 0.25) is 5.82 Å². The van der Waals surface area contributed by atoms with E-state index in [2.05, 4.69) is 5.32 Å². The molecule has 0 radical (unpaired) electrons. The van der Waals surface area contributed by atoms with Crippen molar-refractivity contribution in [2.75, 3.05) is 0 Å². The second kappa shape index (κ2) is 5.57. The number of nitro benzene ring substituents is 1. The molecular weight excluding hydrogens is 239 g/mol. The molecular formula is C12H15FN2O3. The molecule has 0 aromatic heterocycles. The summed E-state index contributed by atoms with van der Waals surface area (Å²) in [4.78, 5) is 21.5. The first-order valence-corrected chi connectivity index (χ1v) is 5.57. The average molecular weight is 254 g/mol. The van der Waals surface area contributed by atoms with Gasteiger partial charge in [0.05, 0.1) is 4.92 Å². The zero-order valence-corrected chi connectivity index (χ0v) is 10.4. The minimum Gasteiger partial charge on any atom is -0.349 e. The van der Waals surface area contributed by atoms with Crippen molar-refractivity contribution in [3.05, 3.63) is 39.7 Å². The highest BCUT2D eigenvalue weighted by Crippen LogP contribution is 2.18. The van der Waals surface area contributed by atoms with E-state index in [1.807, 2.05) is 20.8 Å². The highest BCUT2D eigenvalue weighted by molar-refractivity contribution is 5.95. The van der Waals surface area contributed by atoms with E-state index in [0.717, 1.165) is 12.1 Å². The quantitative estimate of drug-likeness (QED) is 0.662. The lowest BCUT2D eigenvalue weighted by molar-refractivity contribution is -0.387. The van der Waals surface area contributed by atoms with E-state index >= 15 is 0 Å². The fourth-order valence-electron chi connectivity index (χ4n) is 1.25. The topological polar surface area (TPSA) is 72.2 Å². The van der Waals surface area contributed by atoms with Crippen LogP contribution in [0.3, 0.4) is 0 Å². The van der Waals surface area contributed by atoms with E-state index in [4.69, 9.17) is 0 Å². The van der Waals surface area contributed by atoms with Gasteiger partial charge in [-0.3, -0.25) is 14.9 Å². The number of nitro groups is 1. The van der Waals surface area contributed by atoms with Gasteiger partial charge in [0.25, 0.3) is 5.91 Å². The Morgan fingerprint density at radius 1 is 1.39 bits per heavy atom. The third kappa shape index (κ3) is 3.26. The molecule has 98 valence electrons. The second-order valence-corrected chi connectivity index (χ2v) is 4.43. The SMILES string of the molecule is CC(C)C(C)NC(=O)c1ccc(F)c([N+](=O)[O-])c1. The van der Waals surface area contributed by atoms with Crippen LogP contribution in [0.2, 0.25) is 0 Å². The lowest BCUT2D eigenvalue weighted by Crippen LogP contribution is -2.36. The van der Waals surface area contributed by atoms with E-state index in [1.165, 1.54) is 6.07 Å². The minimum absolute atomic E-state index is 0.0680. The molecule has 1 rings (SSSR count). The van der Waals surface area contributed by atoms with Gasteiger partial charge in [-0.1, -0.05) is 13.8 Å². The van der Waals surface area contributed by atoms with Crippen LogP contribution in [0.1, 0.15) is 31.1 Å². The lowest BCUT2D eigenvalue weighted by Gasteiger charge is -2.17. The first kappa shape index (κ1) is 14.1. The molecule has 0 saturated carbocycles. The molecule has 0 saturated heterocycles. The third-order valence-corrected chi connectivity index (χ3v) is 2.76. The maximum absolute atomic E-state index is 13.1. The molecule has 5 nitrogen and oxygen atoms in total. The number of rotatable bonds is 4. The first-order chi connectivity index (χ1) is 8.32. The normalized spacial score (nSPS) is 12.3. The van der Waals surface area contributed by atoms with Crippen molar-refractivity contribution >= 4 is 11.6 Å². The number of halogens is 1. The van der Waals surface area contributed by atoms with Crippen LogP contribution in [0, 0.1) is 21.8 Å². The van der Waals surface area contributed by atoms with Crippen molar-refractivity contribution in [3.8, 4) is 0 Å². The Bertz CT molecular complexity index is 474. The molecule has 1 N–H and O–H groups in total. The molecule has 1 aromatic rings. The van der Waals surface area contributed by atoms with Crippen molar-refractivity contribution in [1.82, 2.24) is 5.32 Å². The molecule has 0 aliphatic heterocycles. The van der Waals surface area contributed by atoms with E-state index in [9.17, 15) is 19.3 Å². The largest absolute Gasteiger partial charge is 0.349 e. The van der Waals surface area contributed by atoms with Crippen LogP contribution < -0.4 is 5.32 Å². The Morgan fingerprint density at radius 2 is 2.00 bits per heavy atom. The number of carbonyl (C=O) groups is 1. The molecule has 1 aromatic carbocycles. The van der Waals surface area contributed by atoms with Gasteiger partial charge in [0, 0.05) is 17.7 Å². The number of carbonyl (C=O) groups excluding carboxylic acids is 1. The molecule has 0 spiro atoms. The molecule has 1 amide bonds. The number of benzene rings is 1. The molecule has 18 heavy (non-hydrogen) atoms. The Hall–Kier alpha value is -1.98. The highest BCUT2D eigenvalue weighted by Gasteiger charge is 2.19. The highest BCUT2D eigenvalue weighted by atomic mass is 19.1. The standard InChI is InChI=1S/C12H15FN2O3/c1-7(2)8(3)14-12(16)9-4-5-10(13)11(6-9)15(17)18/h4-8H,1-3H3,(H,14,16). The molecule has 0 bridgehead atoms. The van der Waals surface area contributed by atoms with Gasteiger partial charge in [0.15, 0.2) is 0 Å². The predicted octanol–water partition coefficient (Wildman–Crippen LogP) is 2.51. The smallest absolute Gasteiger partial charge is 0.305 e. The number of hydrogen-bond acceptors (Lipinski definition) is 3. The molecule has 1 atom stereocenters. The maximum Gasteiger partial charge on any atom is 0.305 e. The van der Waals surface area contributed by atoms with E-state index in [-0.39, 0.29) is 17.5 Å². The molecule has 0 fully saturated rings. The monoisotopic (exact) mass is 254 g/mol. The van der Waals surface area contributed by atoms with Gasteiger partial charge in [-0.05, 0) is 25.0 Å². The van der Waals surface area contributed by atoms with Crippen molar-refractivity contribution in [3.63, 3.8) is 0 Å². The summed E-state index contributed by atoms with van der Waals surface area (Å²) >= 11 is 0. The van der Waals surface area contributed by atoms with Crippen LogP contribution in [-0.2, 0) is 0 Å². The van der Waals surface area contributed by atoms with Gasteiger partial charge < -0.3 is 5.32 Å². The summed E-state index contributed by atoms with van der Waals surface area (Å²) in [6.07, 6.45) is 0. The van der Waals surface area contributed by atoms with Crippen LogP contribution in [0.5, 0.6) is 0 Å². The summed E-state index contributed by atoms with van der Waals surface area (Å²) in [7, 11) is 0. The van der Waals surface area contributed by atoms with Crippen molar-refractivity contribution in [1.29, 1.82) is 0 Å². The number of hydrogen-bond donors (Lipinski definition) is 1. The van der Waals surface area contributed by atoms with Crippen LogP contribution in [0.25, 0.3) is 0 Å². The second-order valence-electron chi connectivity index (χ2n) is 4.43. The lowest BCUT2D eigenvalue weighted by atomic mass is 10.1. The minimum atomic E-state index is -0.951. The first-order valence-electron chi connectivity index (χ1n) is 5.57. The fourth-order valence-corrected chi connectivity index (χ4v) is 1.25. The third-order valence-electron chi connectivity index (χ3n) is 2.76. The molecule has 0 aliphatic carbocycles. The predicted molar refractivity (Wildman–Crippen MR) is 64.8 cm³/mol. The summed E-state index contributed by atoms with van der Waals surface area (Å²) in [5.74, 6) is -1.16.